The standard InChI is InChI=1S/C16H32N4S/c1-4-11-20-12-8-15(9-13-20)19-16(17-5-2)18-10-6-7-14-21-3/h4,15H,1,5-14H2,2-3H3,(H2,17,18,19). The molecule has 0 amide bonds. The van der Waals surface area contributed by atoms with Gasteiger partial charge in [-0.2, -0.15) is 11.8 Å². The molecule has 2 N–H and O–H groups in total. The van der Waals surface area contributed by atoms with Crippen molar-refractivity contribution in [1.29, 1.82) is 0 Å². The second kappa shape index (κ2) is 11.9. The Hall–Kier alpha value is -0.680. The molecule has 0 saturated carbocycles. The van der Waals surface area contributed by atoms with Crippen LogP contribution in [0.1, 0.15) is 32.6 Å². The third kappa shape index (κ3) is 8.37. The van der Waals surface area contributed by atoms with E-state index in [0.717, 1.165) is 38.7 Å². The number of hydrogen-bond acceptors (Lipinski definition) is 3. The number of nitrogens with one attached hydrogen (secondary N) is 2. The minimum absolute atomic E-state index is 0.551. The van der Waals surface area contributed by atoms with Gasteiger partial charge in [0.15, 0.2) is 5.96 Å². The van der Waals surface area contributed by atoms with E-state index in [-0.39, 0.29) is 0 Å². The van der Waals surface area contributed by atoms with Gasteiger partial charge in [0.25, 0.3) is 0 Å². The van der Waals surface area contributed by atoms with E-state index in [9.17, 15) is 0 Å². The summed E-state index contributed by atoms with van der Waals surface area (Å²) in [6, 6.07) is 0.551. The number of aliphatic imine (C=N–C) groups is 1. The minimum Gasteiger partial charge on any atom is -0.357 e. The van der Waals surface area contributed by atoms with Crippen molar-refractivity contribution >= 4 is 17.7 Å². The number of likely N-dealkylation sites (tertiary alicyclic amines) is 1. The van der Waals surface area contributed by atoms with Gasteiger partial charge in [0.2, 0.25) is 0 Å². The van der Waals surface area contributed by atoms with E-state index in [2.05, 4.69) is 35.3 Å². The molecule has 1 aliphatic rings. The van der Waals surface area contributed by atoms with Crippen molar-refractivity contribution in [3.8, 4) is 0 Å². The van der Waals surface area contributed by atoms with Crippen molar-refractivity contribution in [2.75, 3.05) is 44.7 Å². The molecule has 5 heteroatoms. The smallest absolute Gasteiger partial charge is 0.191 e. The first-order valence-electron chi connectivity index (χ1n) is 8.17. The Bertz CT molecular complexity index is 299. The number of rotatable bonds is 9. The lowest BCUT2D eigenvalue weighted by molar-refractivity contribution is 0.225. The Morgan fingerprint density at radius 2 is 2.14 bits per heavy atom. The third-order valence-electron chi connectivity index (χ3n) is 3.69. The highest BCUT2D eigenvalue weighted by atomic mass is 32.2. The third-order valence-corrected chi connectivity index (χ3v) is 4.38. The van der Waals surface area contributed by atoms with Crippen molar-refractivity contribution in [2.45, 2.75) is 38.6 Å². The molecule has 1 rings (SSSR count). The molecule has 1 aliphatic heterocycles. The Kier molecular flexibility index (Phi) is 10.4. The molecule has 0 unspecified atom stereocenters. The molecule has 0 spiro atoms. The Labute approximate surface area is 134 Å². The van der Waals surface area contributed by atoms with Gasteiger partial charge in [0, 0.05) is 38.8 Å². The Morgan fingerprint density at radius 3 is 2.76 bits per heavy atom. The maximum atomic E-state index is 4.69. The summed E-state index contributed by atoms with van der Waals surface area (Å²) in [6.07, 6.45) is 8.95. The highest BCUT2D eigenvalue weighted by Crippen LogP contribution is 2.09. The summed E-state index contributed by atoms with van der Waals surface area (Å²) in [4.78, 5) is 7.15. The van der Waals surface area contributed by atoms with E-state index >= 15 is 0 Å². The topological polar surface area (TPSA) is 39.7 Å². The molecule has 0 atom stereocenters. The van der Waals surface area contributed by atoms with Crippen molar-refractivity contribution in [3.63, 3.8) is 0 Å². The lowest BCUT2D eigenvalue weighted by Crippen LogP contribution is -2.48. The second-order valence-electron chi connectivity index (χ2n) is 5.47. The quantitative estimate of drug-likeness (QED) is 0.297. The molecule has 1 heterocycles. The summed E-state index contributed by atoms with van der Waals surface area (Å²) in [5, 5.41) is 6.95. The zero-order valence-corrected chi connectivity index (χ0v) is 14.6. The van der Waals surface area contributed by atoms with Crippen LogP contribution in [0.3, 0.4) is 0 Å². The van der Waals surface area contributed by atoms with Crippen molar-refractivity contribution in [3.05, 3.63) is 12.7 Å². The van der Waals surface area contributed by atoms with Crippen LogP contribution < -0.4 is 10.6 Å². The number of piperidine rings is 1. The average Bonchev–Trinajstić information content (AvgIpc) is 2.49. The Morgan fingerprint density at radius 1 is 1.38 bits per heavy atom. The molecule has 1 saturated heterocycles. The van der Waals surface area contributed by atoms with Crippen LogP contribution >= 0.6 is 11.8 Å². The van der Waals surface area contributed by atoms with E-state index in [1.807, 2.05) is 17.8 Å². The molecule has 0 aliphatic carbocycles. The van der Waals surface area contributed by atoms with Crippen LogP contribution in [0.15, 0.2) is 17.6 Å². The predicted octanol–water partition coefficient (Wildman–Crippen LogP) is 2.34. The SMILES string of the molecule is C=CCN1CCC(NC(=NCCCCSC)NCC)CC1. The van der Waals surface area contributed by atoms with Gasteiger partial charge in [0.1, 0.15) is 0 Å². The van der Waals surface area contributed by atoms with Gasteiger partial charge in [-0.15, -0.1) is 6.58 Å². The molecule has 122 valence electrons. The number of thioether (sulfide) groups is 1. The monoisotopic (exact) mass is 312 g/mol. The average molecular weight is 313 g/mol. The van der Waals surface area contributed by atoms with Gasteiger partial charge in [-0.3, -0.25) is 9.89 Å². The van der Waals surface area contributed by atoms with Crippen LogP contribution in [0.5, 0.6) is 0 Å². The Balaban J connectivity index is 2.29. The number of hydrogen-bond donors (Lipinski definition) is 2. The predicted molar refractivity (Wildman–Crippen MR) is 96.4 cm³/mol. The first-order chi connectivity index (χ1) is 10.3. The minimum atomic E-state index is 0.551. The molecule has 0 aromatic carbocycles. The van der Waals surface area contributed by atoms with E-state index in [1.165, 1.54) is 31.4 Å². The maximum absolute atomic E-state index is 4.69. The van der Waals surface area contributed by atoms with Crippen molar-refractivity contribution in [1.82, 2.24) is 15.5 Å². The molecule has 1 fully saturated rings. The first kappa shape index (κ1) is 18.4. The van der Waals surface area contributed by atoms with Crippen LogP contribution in [0.4, 0.5) is 0 Å². The first-order valence-corrected chi connectivity index (χ1v) is 9.56. The van der Waals surface area contributed by atoms with E-state index in [0.29, 0.717) is 6.04 Å². The number of unbranched alkanes of at least 4 members (excludes halogenated alkanes) is 1. The van der Waals surface area contributed by atoms with Gasteiger partial charge in [0.05, 0.1) is 0 Å². The summed E-state index contributed by atoms with van der Waals surface area (Å²) in [6.45, 7) is 11.1. The van der Waals surface area contributed by atoms with Crippen molar-refractivity contribution in [2.24, 2.45) is 4.99 Å². The normalized spacial score (nSPS) is 17.7. The number of guanidine groups is 1. The lowest BCUT2D eigenvalue weighted by Gasteiger charge is -2.32. The van der Waals surface area contributed by atoms with Crippen LogP contribution in [-0.2, 0) is 0 Å². The van der Waals surface area contributed by atoms with Gasteiger partial charge in [-0.1, -0.05) is 6.08 Å². The maximum Gasteiger partial charge on any atom is 0.191 e. The highest BCUT2D eigenvalue weighted by molar-refractivity contribution is 7.98. The van der Waals surface area contributed by atoms with Gasteiger partial charge < -0.3 is 10.6 Å². The summed E-state index contributed by atoms with van der Waals surface area (Å²) in [7, 11) is 0. The van der Waals surface area contributed by atoms with Gasteiger partial charge in [-0.05, 0) is 44.6 Å². The molecule has 0 aromatic heterocycles. The molecular weight excluding hydrogens is 280 g/mol. The van der Waals surface area contributed by atoms with Crippen LogP contribution in [0.2, 0.25) is 0 Å². The molecular formula is C16H32N4S. The zero-order chi connectivity index (χ0) is 15.3. The fraction of sp³-hybridized carbons (Fsp3) is 0.812. The largest absolute Gasteiger partial charge is 0.357 e. The fourth-order valence-electron chi connectivity index (χ4n) is 2.50. The summed E-state index contributed by atoms with van der Waals surface area (Å²) in [5.41, 5.74) is 0. The van der Waals surface area contributed by atoms with E-state index < -0.39 is 0 Å². The van der Waals surface area contributed by atoms with Gasteiger partial charge in [-0.25, -0.2) is 0 Å². The zero-order valence-electron chi connectivity index (χ0n) is 13.7. The highest BCUT2D eigenvalue weighted by Gasteiger charge is 2.18. The summed E-state index contributed by atoms with van der Waals surface area (Å²) < 4.78 is 0. The van der Waals surface area contributed by atoms with Crippen LogP contribution in [0, 0.1) is 0 Å². The molecule has 0 aromatic rings. The summed E-state index contributed by atoms with van der Waals surface area (Å²) in [5.74, 6) is 2.23. The van der Waals surface area contributed by atoms with Crippen LogP contribution in [0.25, 0.3) is 0 Å². The van der Waals surface area contributed by atoms with E-state index in [4.69, 9.17) is 4.99 Å². The van der Waals surface area contributed by atoms with Crippen LogP contribution in [-0.4, -0.2) is 61.6 Å². The molecule has 21 heavy (non-hydrogen) atoms. The van der Waals surface area contributed by atoms with Gasteiger partial charge >= 0.3 is 0 Å². The molecule has 0 radical (unpaired) electrons. The van der Waals surface area contributed by atoms with E-state index in [1.54, 1.807) is 0 Å². The summed E-state index contributed by atoms with van der Waals surface area (Å²) >= 11 is 1.91. The fourth-order valence-corrected chi connectivity index (χ4v) is 3.00. The number of nitrogens with zero attached hydrogens (tertiary/aromatic N) is 2. The second-order valence-corrected chi connectivity index (χ2v) is 6.45. The molecule has 4 nitrogen and oxygen atoms in total. The lowest BCUT2D eigenvalue weighted by atomic mass is 10.1. The van der Waals surface area contributed by atoms with Crippen molar-refractivity contribution < 1.29 is 0 Å². The molecule has 0 bridgehead atoms.